The van der Waals surface area contributed by atoms with Crippen molar-refractivity contribution in [3.05, 3.63) is 33.8 Å². The molecule has 2 nitrogen and oxygen atoms in total. The number of hydrogen-bond donors (Lipinski definition) is 1. The molecule has 0 spiro atoms. The van der Waals surface area contributed by atoms with E-state index in [1.165, 1.54) is 0 Å². The molecule has 1 aliphatic carbocycles. The van der Waals surface area contributed by atoms with Crippen molar-refractivity contribution in [2.24, 2.45) is 11.8 Å². The van der Waals surface area contributed by atoms with Crippen molar-refractivity contribution in [2.45, 2.75) is 38.5 Å². The van der Waals surface area contributed by atoms with E-state index in [2.05, 4.69) is 0 Å². The molecule has 104 valence electrons. The molecule has 2 rings (SSSR count). The zero-order valence-electron chi connectivity index (χ0n) is 10.7. The van der Waals surface area contributed by atoms with Gasteiger partial charge in [0.2, 0.25) is 0 Å². The average Bonchev–Trinajstić information content (AvgIpc) is 2.59. The van der Waals surface area contributed by atoms with Gasteiger partial charge in [0.05, 0.1) is 16.0 Å². The van der Waals surface area contributed by atoms with Crippen LogP contribution in [0.5, 0.6) is 0 Å². The molecular weight excluding hydrogens is 283 g/mol. The molecule has 1 saturated carbocycles. The number of carbonyl (C=O) groups is 1. The van der Waals surface area contributed by atoms with Crippen molar-refractivity contribution in [2.75, 3.05) is 0 Å². The lowest BCUT2D eigenvalue weighted by atomic mass is 9.83. The SMILES string of the molecule is O=C(O)C1CCCCCC1Cc1ccc(Cl)c(Cl)c1. The summed E-state index contributed by atoms with van der Waals surface area (Å²) in [7, 11) is 0. The second-order valence-electron chi connectivity index (χ2n) is 5.30. The molecule has 0 heterocycles. The van der Waals surface area contributed by atoms with Crippen LogP contribution in [0.2, 0.25) is 10.0 Å². The summed E-state index contributed by atoms with van der Waals surface area (Å²) >= 11 is 11.9. The lowest BCUT2D eigenvalue weighted by molar-refractivity contribution is -0.143. The lowest BCUT2D eigenvalue weighted by Gasteiger charge is -2.21. The molecule has 2 atom stereocenters. The summed E-state index contributed by atoms with van der Waals surface area (Å²) in [6, 6.07) is 5.58. The van der Waals surface area contributed by atoms with E-state index in [1.807, 2.05) is 12.1 Å². The number of halogens is 2. The maximum absolute atomic E-state index is 11.4. The molecule has 0 aliphatic heterocycles. The number of aliphatic carboxylic acids is 1. The van der Waals surface area contributed by atoms with Crippen molar-refractivity contribution in [3.63, 3.8) is 0 Å². The first-order chi connectivity index (χ1) is 9.08. The van der Waals surface area contributed by atoms with Crippen LogP contribution < -0.4 is 0 Å². The third kappa shape index (κ3) is 3.87. The largest absolute Gasteiger partial charge is 0.481 e. The lowest BCUT2D eigenvalue weighted by Crippen LogP contribution is -2.24. The van der Waals surface area contributed by atoms with Gasteiger partial charge in [0.25, 0.3) is 0 Å². The maximum atomic E-state index is 11.4. The zero-order chi connectivity index (χ0) is 13.8. The summed E-state index contributed by atoms with van der Waals surface area (Å²) < 4.78 is 0. The number of carboxylic acid groups (broad SMARTS) is 1. The van der Waals surface area contributed by atoms with E-state index in [1.54, 1.807) is 6.07 Å². The highest BCUT2D eigenvalue weighted by atomic mass is 35.5. The highest BCUT2D eigenvalue weighted by Gasteiger charge is 2.29. The molecule has 19 heavy (non-hydrogen) atoms. The summed E-state index contributed by atoms with van der Waals surface area (Å²) in [4.78, 5) is 11.4. The van der Waals surface area contributed by atoms with E-state index in [9.17, 15) is 9.90 Å². The van der Waals surface area contributed by atoms with Gasteiger partial charge in [0, 0.05) is 0 Å². The summed E-state index contributed by atoms with van der Waals surface area (Å²) in [5.74, 6) is -0.679. The third-order valence-electron chi connectivity index (χ3n) is 3.96. The minimum absolute atomic E-state index is 0.206. The molecule has 4 heteroatoms. The normalized spacial score (nSPS) is 23.9. The molecule has 1 N–H and O–H groups in total. The van der Waals surface area contributed by atoms with Crippen LogP contribution in [0.3, 0.4) is 0 Å². The quantitative estimate of drug-likeness (QED) is 0.813. The van der Waals surface area contributed by atoms with Crippen molar-refractivity contribution in [1.82, 2.24) is 0 Å². The van der Waals surface area contributed by atoms with Gasteiger partial charge in [-0.3, -0.25) is 4.79 Å². The van der Waals surface area contributed by atoms with Crippen LogP contribution in [0.1, 0.15) is 37.7 Å². The van der Waals surface area contributed by atoms with Gasteiger partial charge in [-0.15, -0.1) is 0 Å². The Labute approximate surface area is 123 Å². The predicted molar refractivity (Wildman–Crippen MR) is 77.9 cm³/mol. The van der Waals surface area contributed by atoms with E-state index in [0.717, 1.165) is 44.1 Å². The highest BCUT2D eigenvalue weighted by Crippen LogP contribution is 2.33. The van der Waals surface area contributed by atoms with Crippen LogP contribution in [-0.2, 0) is 11.2 Å². The Hall–Kier alpha value is -0.730. The van der Waals surface area contributed by atoms with Crippen LogP contribution in [0.25, 0.3) is 0 Å². The average molecular weight is 301 g/mol. The van der Waals surface area contributed by atoms with Crippen LogP contribution in [0, 0.1) is 11.8 Å². The van der Waals surface area contributed by atoms with Gasteiger partial charge in [-0.2, -0.15) is 0 Å². The highest BCUT2D eigenvalue weighted by molar-refractivity contribution is 6.42. The van der Waals surface area contributed by atoms with Crippen LogP contribution in [-0.4, -0.2) is 11.1 Å². The van der Waals surface area contributed by atoms with Gasteiger partial charge >= 0.3 is 5.97 Å². The fourth-order valence-corrected chi connectivity index (χ4v) is 3.24. The molecule has 0 amide bonds. The minimum Gasteiger partial charge on any atom is -0.481 e. The van der Waals surface area contributed by atoms with E-state index in [0.29, 0.717) is 10.0 Å². The van der Waals surface area contributed by atoms with Crippen LogP contribution in [0.15, 0.2) is 18.2 Å². The molecule has 0 saturated heterocycles. The maximum Gasteiger partial charge on any atom is 0.306 e. The van der Waals surface area contributed by atoms with Crippen LogP contribution in [0.4, 0.5) is 0 Å². The fraction of sp³-hybridized carbons (Fsp3) is 0.533. The van der Waals surface area contributed by atoms with Crippen LogP contribution >= 0.6 is 23.2 Å². The molecule has 1 fully saturated rings. The first-order valence-electron chi connectivity index (χ1n) is 6.74. The number of carboxylic acids is 1. The molecule has 1 aromatic carbocycles. The Morgan fingerprint density at radius 2 is 1.89 bits per heavy atom. The summed E-state index contributed by atoms with van der Waals surface area (Å²) in [6.07, 6.45) is 5.83. The first kappa shape index (κ1) is 14.7. The molecular formula is C15H18Cl2O2. The molecule has 0 radical (unpaired) electrons. The first-order valence-corrected chi connectivity index (χ1v) is 7.50. The van der Waals surface area contributed by atoms with Crippen molar-refractivity contribution >= 4 is 29.2 Å². The van der Waals surface area contributed by atoms with Gasteiger partial charge in [-0.25, -0.2) is 0 Å². The molecule has 0 bridgehead atoms. The Kier molecular flexibility index (Phi) is 5.12. The fourth-order valence-electron chi connectivity index (χ4n) is 2.92. The summed E-state index contributed by atoms with van der Waals surface area (Å²) in [6.45, 7) is 0. The topological polar surface area (TPSA) is 37.3 Å². The second-order valence-corrected chi connectivity index (χ2v) is 6.11. The molecule has 1 aromatic rings. The van der Waals surface area contributed by atoms with Gasteiger partial charge in [0.15, 0.2) is 0 Å². The van der Waals surface area contributed by atoms with Gasteiger partial charge in [-0.05, 0) is 42.9 Å². The van der Waals surface area contributed by atoms with E-state index >= 15 is 0 Å². The second kappa shape index (κ2) is 6.62. The molecule has 1 aliphatic rings. The summed E-state index contributed by atoms with van der Waals surface area (Å²) in [5, 5.41) is 10.4. The van der Waals surface area contributed by atoms with E-state index < -0.39 is 5.97 Å². The van der Waals surface area contributed by atoms with Crippen molar-refractivity contribution in [1.29, 1.82) is 0 Å². The minimum atomic E-state index is -0.660. The number of benzene rings is 1. The molecule has 2 unspecified atom stereocenters. The number of rotatable bonds is 3. The smallest absolute Gasteiger partial charge is 0.306 e. The third-order valence-corrected chi connectivity index (χ3v) is 4.70. The Bertz CT molecular complexity index is 459. The Morgan fingerprint density at radius 3 is 2.58 bits per heavy atom. The standard InChI is InChI=1S/C15H18Cl2O2/c16-13-7-6-10(9-14(13)17)8-11-4-2-1-3-5-12(11)15(18)19/h6-7,9,11-12H,1-5,8H2,(H,18,19). The Balaban J connectivity index is 2.13. The van der Waals surface area contributed by atoms with Gasteiger partial charge in [-0.1, -0.05) is 48.5 Å². The Morgan fingerprint density at radius 1 is 1.16 bits per heavy atom. The van der Waals surface area contributed by atoms with E-state index in [4.69, 9.17) is 23.2 Å². The van der Waals surface area contributed by atoms with Gasteiger partial charge < -0.3 is 5.11 Å². The molecule has 0 aromatic heterocycles. The zero-order valence-corrected chi connectivity index (χ0v) is 12.3. The van der Waals surface area contributed by atoms with E-state index in [-0.39, 0.29) is 11.8 Å². The van der Waals surface area contributed by atoms with Crippen molar-refractivity contribution < 1.29 is 9.90 Å². The monoisotopic (exact) mass is 300 g/mol. The van der Waals surface area contributed by atoms with Crippen molar-refractivity contribution in [3.8, 4) is 0 Å². The predicted octanol–water partition coefficient (Wildman–Crippen LogP) is 4.82. The summed E-state index contributed by atoms with van der Waals surface area (Å²) in [5.41, 5.74) is 1.08. The van der Waals surface area contributed by atoms with Gasteiger partial charge in [0.1, 0.15) is 0 Å². The number of hydrogen-bond acceptors (Lipinski definition) is 1.